The van der Waals surface area contributed by atoms with Crippen LogP contribution in [0.2, 0.25) is 0 Å². The van der Waals surface area contributed by atoms with Gasteiger partial charge in [-0.05, 0) is 24.3 Å². The molecule has 0 fully saturated rings. The Morgan fingerprint density at radius 3 is 2.33 bits per heavy atom. The highest BCUT2D eigenvalue weighted by molar-refractivity contribution is 6.09. The molecule has 2 rings (SSSR count). The van der Waals surface area contributed by atoms with Gasteiger partial charge in [0.2, 0.25) is 0 Å². The first-order chi connectivity index (χ1) is 10.1. The fourth-order valence-electron chi connectivity index (χ4n) is 2.02. The van der Waals surface area contributed by atoms with E-state index in [1.165, 1.54) is 4.90 Å². The summed E-state index contributed by atoms with van der Waals surface area (Å²) in [6.07, 6.45) is 0. The van der Waals surface area contributed by atoms with Gasteiger partial charge in [-0.3, -0.25) is 4.79 Å². The zero-order chi connectivity index (χ0) is 15.4. The molecule has 2 N–H and O–H groups in total. The molecule has 0 aliphatic carbocycles. The minimum atomic E-state index is -0.180. The van der Waals surface area contributed by atoms with E-state index in [1.807, 2.05) is 0 Å². The van der Waals surface area contributed by atoms with Crippen LogP contribution in [0.15, 0.2) is 42.5 Å². The van der Waals surface area contributed by atoms with Gasteiger partial charge in [0.1, 0.15) is 0 Å². The molecule has 0 saturated carbocycles. The number of benzene rings is 2. The fraction of sp³-hybridized carbons (Fsp3) is 0.188. The van der Waals surface area contributed by atoms with Crippen molar-refractivity contribution < 1.29 is 14.3 Å². The molecule has 0 heterocycles. The maximum atomic E-state index is 12.5. The summed E-state index contributed by atoms with van der Waals surface area (Å²) in [5, 5.41) is 0. The number of nitrogen functional groups attached to an aromatic ring is 1. The lowest BCUT2D eigenvalue weighted by molar-refractivity contribution is 0.0994. The molecule has 0 unspecified atom stereocenters. The number of hydrogen-bond donors (Lipinski definition) is 1. The molecule has 0 aromatic heterocycles. The van der Waals surface area contributed by atoms with E-state index in [0.29, 0.717) is 28.4 Å². The van der Waals surface area contributed by atoms with Crippen molar-refractivity contribution in [3.05, 3.63) is 48.0 Å². The van der Waals surface area contributed by atoms with Crippen LogP contribution in [0.3, 0.4) is 0 Å². The standard InChI is InChI=1S/C16H18N2O3/c1-18(16(19)12-6-4-5-7-13(12)17)11-8-9-14(20-2)15(10-11)21-3/h4-10H,17H2,1-3H3. The van der Waals surface area contributed by atoms with E-state index in [-0.39, 0.29) is 5.91 Å². The molecule has 0 saturated heterocycles. The molecule has 0 atom stereocenters. The van der Waals surface area contributed by atoms with E-state index >= 15 is 0 Å². The molecule has 1 amide bonds. The molecule has 0 spiro atoms. The summed E-state index contributed by atoms with van der Waals surface area (Å²) in [4.78, 5) is 14.0. The van der Waals surface area contributed by atoms with Crippen molar-refractivity contribution in [1.82, 2.24) is 0 Å². The Labute approximate surface area is 123 Å². The van der Waals surface area contributed by atoms with Crippen LogP contribution < -0.4 is 20.1 Å². The van der Waals surface area contributed by atoms with Gasteiger partial charge in [-0.1, -0.05) is 12.1 Å². The Balaban J connectivity index is 2.34. The Hall–Kier alpha value is -2.69. The summed E-state index contributed by atoms with van der Waals surface area (Å²) in [5.74, 6) is 0.998. The predicted octanol–water partition coefficient (Wildman–Crippen LogP) is 2.56. The predicted molar refractivity (Wildman–Crippen MR) is 83.1 cm³/mol. The lowest BCUT2D eigenvalue weighted by Crippen LogP contribution is -2.27. The average Bonchev–Trinajstić information content (AvgIpc) is 2.53. The number of ether oxygens (including phenoxy) is 2. The van der Waals surface area contributed by atoms with Crippen molar-refractivity contribution in [2.24, 2.45) is 0 Å². The quantitative estimate of drug-likeness (QED) is 0.877. The molecule has 21 heavy (non-hydrogen) atoms. The molecule has 5 nitrogen and oxygen atoms in total. The van der Waals surface area contributed by atoms with E-state index in [0.717, 1.165) is 0 Å². The highest BCUT2D eigenvalue weighted by Gasteiger charge is 2.17. The van der Waals surface area contributed by atoms with Gasteiger partial charge < -0.3 is 20.1 Å². The van der Waals surface area contributed by atoms with Crippen LogP contribution in [-0.2, 0) is 0 Å². The smallest absolute Gasteiger partial charge is 0.260 e. The zero-order valence-electron chi connectivity index (χ0n) is 12.3. The van der Waals surface area contributed by atoms with Crippen molar-refractivity contribution in [2.45, 2.75) is 0 Å². The van der Waals surface area contributed by atoms with Crippen LogP contribution >= 0.6 is 0 Å². The van der Waals surface area contributed by atoms with Gasteiger partial charge in [0, 0.05) is 24.5 Å². The number of carbonyl (C=O) groups excluding carboxylic acids is 1. The number of methoxy groups -OCH3 is 2. The third-order valence-corrected chi connectivity index (χ3v) is 3.25. The molecule has 0 radical (unpaired) electrons. The number of rotatable bonds is 4. The van der Waals surface area contributed by atoms with Crippen molar-refractivity contribution in [3.8, 4) is 11.5 Å². The first kappa shape index (κ1) is 14.7. The lowest BCUT2D eigenvalue weighted by Gasteiger charge is -2.19. The third-order valence-electron chi connectivity index (χ3n) is 3.25. The maximum absolute atomic E-state index is 12.5. The largest absolute Gasteiger partial charge is 0.493 e. The highest BCUT2D eigenvalue weighted by atomic mass is 16.5. The van der Waals surface area contributed by atoms with Crippen LogP contribution in [0.25, 0.3) is 0 Å². The van der Waals surface area contributed by atoms with Crippen molar-refractivity contribution in [1.29, 1.82) is 0 Å². The summed E-state index contributed by atoms with van der Waals surface area (Å²) >= 11 is 0. The van der Waals surface area contributed by atoms with Gasteiger partial charge >= 0.3 is 0 Å². The SMILES string of the molecule is COc1ccc(N(C)C(=O)c2ccccc2N)cc1OC. The van der Waals surface area contributed by atoms with E-state index in [4.69, 9.17) is 15.2 Å². The van der Waals surface area contributed by atoms with Crippen molar-refractivity contribution in [2.75, 3.05) is 31.9 Å². The monoisotopic (exact) mass is 286 g/mol. The highest BCUT2D eigenvalue weighted by Crippen LogP contribution is 2.31. The Morgan fingerprint density at radius 2 is 1.71 bits per heavy atom. The summed E-state index contributed by atoms with van der Waals surface area (Å²) in [6.45, 7) is 0. The van der Waals surface area contributed by atoms with Gasteiger partial charge in [0.15, 0.2) is 11.5 Å². The first-order valence-electron chi connectivity index (χ1n) is 6.43. The maximum Gasteiger partial charge on any atom is 0.260 e. The zero-order valence-corrected chi connectivity index (χ0v) is 12.3. The van der Waals surface area contributed by atoms with Gasteiger partial charge in [0.25, 0.3) is 5.91 Å². The number of nitrogens with zero attached hydrogens (tertiary/aromatic N) is 1. The molecule has 0 aliphatic rings. The van der Waals surface area contributed by atoms with Crippen LogP contribution in [0.4, 0.5) is 11.4 Å². The van der Waals surface area contributed by atoms with Crippen LogP contribution in [0.1, 0.15) is 10.4 Å². The second-order valence-corrected chi connectivity index (χ2v) is 4.49. The van der Waals surface area contributed by atoms with E-state index in [9.17, 15) is 4.79 Å². The molecule has 0 aliphatic heterocycles. The summed E-state index contributed by atoms with van der Waals surface area (Å²) in [6, 6.07) is 12.3. The number of para-hydroxylation sites is 1. The number of anilines is 2. The minimum Gasteiger partial charge on any atom is -0.493 e. The van der Waals surface area contributed by atoms with Gasteiger partial charge in [0.05, 0.1) is 19.8 Å². The number of amides is 1. The number of nitrogens with two attached hydrogens (primary N) is 1. The first-order valence-corrected chi connectivity index (χ1v) is 6.43. The third kappa shape index (κ3) is 2.91. The van der Waals surface area contributed by atoms with E-state index in [2.05, 4.69) is 0 Å². The summed E-state index contributed by atoms with van der Waals surface area (Å²) in [5.41, 5.74) is 7.46. The van der Waals surface area contributed by atoms with E-state index in [1.54, 1.807) is 63.7 Å². The molecule has 5 heteroatoms. The topological polar surface area (TPSA) is 64.8 Å². The van der Waals surface area contributed by atoms with Gasteiger partial charge in [-0.2, -0.15) is 0 Å². The van der Waals surface area contributed by atoms with Crippen molar-refractivity contribution in [3.63, 3.8) is 0 Å². The molecular weight excluding hydrogens is 268 g/mol. The molecule has 0 bridgehead atoms. The Bertz CT molecular complexity index is 656. The van der Waals surface area contributed by atoms with E-state index < -0.39 is 0 Å². The van der Waals surface area contributed by atoms with Gasteiger partial charge in [-0.25, -0.2) is 0 Å². The lowest BCUT2D eigenvalue weighted by atomic mass is 10.1. The molecular formula is C16H18N2O3. The summed E-state index contributed by atoms with van der Waals surface area (Å²) < 4.78 is 10.4. The minimum absolute atomic E-state index is 0.180. The Kier molecular flexibility index (Phi) is 4.33. The number of carbonyl (C=O) groups is 1. The number of hydrogen-bond acceptors (Lipinski definition) is 4. The normalized spacial score (nSPS) is 10.0. The summed E-state index contributed by atoms with van der Waals surface area (Å²) in [7, 11) is 4.81. The molecule has 2 aromatic carbocycles. The van der Waals surface area contributed by atoms with Crippen LogP contribution in [0, 0.1) is 0 Å². The second-order valence-electron chi connectivity index (χ2n) is 4.49. The van der Waals surface area contributed by atoms with Crippen LogP contribution in [-0.4, -0.2) is 27.2 Å². The Morgan fingerprint density at radius 1 is 1.05 bits per heavy atom. The second kappa shape index (κ2) is 6.17. The fourth-order valence-corrected chi connectivity index (χ4v) is 2.02. The molecule has 2 aromatic rings. The molecule has 110 valence electrons. The average molecular weight is 286 g/mol. The van der Waals surface area contributed by atoms with Crippen molar-refractivity contribution >= 4 is 17.3 Å². The van der Waals surface area contributed by atoms with Crippen LogP contribution in [0.5, 0.6) is 11.5 Å². The van der Waals surface area contributed by atoms with Gasteiger partial charge in [-0.15, -0.1) is 0 Å².